The third-order valence-corrected chi connectivity index (χ3v) is 4.78. The van der Waals surface area contributed by atoms with Crippen molar-refractivity contribution in [3.8, 4) is 22.8 Å². The van der Waals surface area contributed by atoms with Crippen LogP contribution in [0.4, 0.5) is 4.39 Å². The Morgan fingerprint density at radius 3 is 2.76 bits per heavy atom. The van der Waals surface area contributed by atoms with Crippen LogP contribution in [0.3, 0.4) is 0 Å². The molecule has 0 saturated heterocycles. The van der Waals surface area contributed by atoms with E-state index in [9.17, 15) is 9.18 Å². The van der Waals surface area contributed by atoms with Crippen LogP contribution in [0.25, 0.3) is 16.8 Å². The number of amides is 1. The van der Waals surface area contributed by atoms with Gasteiger partial charge in [-0.1, -0.05) is 0 Å². The second-order valence-electron chi connectivity index (χ2n) is 7.57. The van der Waals surface area contributed by atoms with Gasteiger partial charge in [0.2, 0.25) is 5.91 Å². The topological polar surface area (TPSA) is 64.9 Å². The fourth-order valence-corrected chi connectivity index (χ4v) is 3.09. The zero-order chi connectivity index (χ0) is 20.4. The van der Waals surface area contributed by atoms with Crippen LogP contribution in [0.15, 0.2) is 42.6 Å². The Morgan fingerprint density at radius 2 is 2.03 bits per heavy atom. The van der Waals surface area contributed by atoms with Crippen molar-refractivity contribution in [3.63, 3.8) is 0 Å². The summed E-state index contributed by atoms with van der Waals surface area (Å²) < 4.78 is 27.7. The average molecular weight is 397 g/mol. The van der Waals surface area contributed by atoms with Gasteiger partial charge >= 0.3 is 0 Å². The molecule has 4 rings (SSSR count). The molecule has 152 valence electrons. The molecular formula is C22H24FN3O3. The summed E-state index contributed by atoms with van der Waals surface area (Å²) in [6.45, 7) is 4.26. The van der Waals surface area contributed by atoms with Gasteiger partial charge in [0.15, 0.2) is 0 Å². The van der Waals surface area contributed by atoms with Crippen LogP contribution in [0, 0.1) is 11.7 Å². The first-order valence-corrected chi connectivity index (χ1v) is 9.80. The minimum Gasteiger partial charge on any atom is -0.492 e. The molecule has 1 aromatic carbocycles. The number of aromatic nitrogens is 2. The Hall–Kier alpha value is -3.09. The Bertz CT molecular complexity index is 1030. The average Bonchev–Trinajstić information content (AvgIpc) is 3.41. The molecule has 2 heterocycles. The van der Waals surface area contributed by atoms with Crippen molar-refractivity contribution >= 4 is 11.4 Å². The number of fused-ring (bicyclic) bond motifs is 1. The number of pyridine rings is 1. The Morgan fingerprint density at radius 1 is 1.24 bits per heavy atom. The quantitative estimate of drug-likeness (QED) is 0.627. The van der Waals surface area contributed by atoms with E-state index in [0.717, 1.165) is 17.9 Å². The van der Waals surface area contributed by atoms with Gasteiger partial charge in [0, 0.05) is 18.6 Å². The van der Waals surface area contributed by atoms with Gasteiger partial charge < -0.3 is 14.8 Å². The van der Waals surface area contributed by atoms with E-state index in [1.165, 1.54) is 25.8 Å². The van der Waals surface area contributed by atoms with Crippen LogP contribution in [-0.2, 0) is 4.79 Å². The fourth-order valence-electron chi connectivity index (χ4n) is 3.09. The van der Waals surface area contributed by atoms with Crippen molar-refractivity contribution < 1.29 is 18.7 Å². The Balaban J connectivity index is 1.47. The van der Waals surface area contributed by atoms with E-state index < -0.39 is 5.82 Å². The van der Waals surface area contributed by atoms with Crippen LogP contribution in [0.2, 0.25) is 0 Å². The summed E-state index contributed by atoms with van der Waals surface area (Å²) in [7, 11) is 0. The highest BCUT2D eigenvalue weighted by Gasteiger charge is 2.22. The lowest BCUT2D eigenvalue weighted by atomic mass is 10.1. The molecule has 29 heavy (non-hydrogen) atoms. The van der Waals surface area contributed by atoms with Crippen LogP contribution in [0.1, 0.15) is 26.7 Å². The van der Waals surface area contributed by atoms with Gasteiger partial charge in [0.25, 0.3) is 0 Å². The number of carbonyl (C=O) groups excluding carboxylic acids is 1. The molecule has 0 unspecified atom stereocenters. The molecule has 0 aliphatic heterocycles. The number of nitrogens with one attached hydrogen (secondary N) is 1. The molecule has 6 nitrogen and oxygen atoms in total. The van der Waals surface area contributed by atoms with Crippen molar-refractivity contribution in [3.05, 3.63) is 48.4 Å². The normalized spacial score (nSPS) is 14.6. The second kappa shape index (κ2) is 8.11. The number of ether oxygens (including phenoxy) is 2. The summed E-state index contributed by atoms with van der Waals surface area (Å²) in [4.78, 5) is 11.0. The number of nitrogens with zero attached hydrogens (tertiary/aromatic N) is 2. The van der Waals surface area contributed by atoms with Gasteiger partial charge in [-0.25, -0.2) is 8.91 Å². The number of hydrogen-bond acceptors (Lipinski definition) is 4. The van der Waals surface area contributed by atoms with Crippen LogP contribution < -0.4 is 14.8 Å². The van der Waals surface area contributed by atoms with Gasteiger partial charge in [0.1, 0.15) is 23.9 Å². The van der Waals surface area contributed by atoms with Gasteiger partial charge in [-0.15, -0.1) is 0 Å². The lowest BCUT2D eigenvalue weighted by Crippen LogP contribution is -2.35. The van der Waals surface area contributed by atoms with Crippen molar-refractivity contribution in [1.29, 1.82) is 0 Å². The highest BCUT2D eigenvalue weighted by molar-refractivity contribution is 5.73. The largest absolute Gasteiger partial charge is 0.492 e. The van der Waals surface area contributed by atoms with Crippen molar-refractivity contribution in [2.75, 3.05) is 13.2 Å². The minimum absolute atomic E-state index is 0.129. The third kappa shape index (κ3) is 4.85. The Kier molecular flexibility index (Phi) is 5.38. The predicted molar refractivity (Wildman–Crippen MR) is 108 cm³/mol. The predicted octanol–water partition coefficient (Wildman–Crippen LogP) is 3.83. The van der Waals surface area contributed by atoms with Crippen molar-refractivity contribution in [2.45, 2.75) is 32.7 Å². The molecular weight excluding hydrogens is 373 g/mol. The van der Waals surface area contributed by atoms with E-state index in [4.69, 9.17) is 9.47 Å². The zero-order valence-electron chi connectivity index (χ0n) is 16.5. The van der Waals surface area contributed by atoms with Crippen LogP contribution in [-0.4, -0.2) is 34.8 Å². The summed E-state index contributed by atoms with van der Waals surface area (Å²) in [5, 5.41) is 7.21. The Labute approximate surface area is 168 Å². The first kappa shape index (κ1) is 19.2. The first-order chi connectivity index (χ1) is 14.0. The van der Waals surface area contributed by atoms with Gasteiger partial charge in [-0.05, 0) is 56.0 Å². The highest BCUT2D eigenvalue weighted by Crippen LogP contribution is 2.30. The molecule has 1 amide bonds. The maximum absolute atomic E-state index is 14.7. The molecule has 0 bridgehead atoms. The molecule has 1 aliphatic carbocycles. The maximum Gasteiger partial charge on any atom is 0.217 e. The third-order valence-electron chi connectivity index (χ3n) is 4.78. The fraction of sp³-hybridized carbons (Fsp3) is 0.364. The van der Waals surface area contributed by atoms with Crippen LogP contribution >= 0.6 is 0 Å². The van der Waals surface area contributed by atoms with Gasteiger partial charge in [-0.2, -0.15) is 5.10 Å². The molecule has 3 aromatic rings. The summed E-state index contributed by atoms with van der Waals surface area (Å²) >= 11 is 0. The molecule has 0 spiro atoms. The summed E-state index contributed by atoms with van der Waals surface area (Å²) in [5.74, 6) is 1.30. The number of halogens is 1. The van der Waals surface area contributed by atoms with Gasteiger partial charge in [-0.3, -0.25) is 4.79 Å². The molecule has 1 atom stereocenters. The van der Waals surface area contributed by atoms with Gasteiger partial charge in [0.05, 0.1) is 30.1 Å². The number of hydrogen-bond donors (Lipinski definition) is 1. The number of carbonyl (C=O) groups is 1. The molecule has 1 aliphatic rings. The maximum atomic E-state index is 14.7. The first-order valence-electron chi connectivity index (χ1n) is 9.80. The second-order valence-corrected chi connectivity index (χ2v) is 7.57. The SMILES string of the molecule is CC(=O)N[C@@H](C)COc1ccc(-c2cc3ccc(OCC4CC4)cn3n2)c(F)c1. The van der Waals surface area contributed by atoms with Crippen molar-refractivity contribution in [1.82, 2.24) is 14.9 Å². The van der Waals surface area contributed by atoms with E-state index in [-0.39, 0.29) is 18.6 Å². The van der Waals surface area contributed by atoms with Crippen LogP contribution in [0.5, 0.6) is 11.5 Å². The lowest BCUT2D eigenvalue weighted by Gasteiger charge is -2.14. The lowest BCUT2D eigenvalue weighted by molar-refractivity contribution is -0.119. The number of benzene rings is 1. The summed E-state index contributed by atoms with van der Waals surface area (Å²) in [6.07, 6.45) is 4.29. The molecule has 1 N–H and O–H groups in total. The minimum atomic E-state index is -0.414. The monoisotopic (exact) mass is 397 g/mol. The standard InChI is InChI=1S/C22H24FN3O3/c1-14(24-15(2)27)12-28-18-7-8-20(21(23)10-18)22-9-17-5-6-19(11-26(17)25-22)29-13-16-3-4-16/h5-11,14,16H,3-4,12-13H2,1-2H3,(H,24,27)/t14-/m0/s1. The summed E-state index contributed by atoms with van der Waals surface area (Å²) in [6, 6.07) is 10.2. The van der Waals surface area contributed by atoms with Crippen molar-refractivity contribution in [2.24, 2.45) is 5.92 Å². The molecule has 1 saturated carbocycles. The van der Waals surface area contributed by atoms with E-state index in [1.807, 2.05) is 31.3 Å². The molecule has 7 heteroatoms. The van der Waals surface area contributed by atoms with E-state index in [2.05, 4.69) is 10.4 Å². The zero-order valence-corrected chi connectivity index (χ0v) is 16.5. The van der Waals surface area contributed by atoms with E-state index in [1.54, 1.807) is 16.6 Å². The summed E-state index contributed by atoms with van der Waals surface area (Å²) in [5.41, 5.74) is 1.80. The highest BCUT2D eigenvalue weighted by atomic mass is 19.1. The molecule has 2 aromatic heterocycles. The number of rotatable bonds is 8. The van der Waals surface area contributed by atoms with E-state index >= 15 is 0 Å². The smallest absolute Gasteiger partial charge is 0.217 e. The molecule has 0 radical (unpaired) electrons. The van der Waals surface area contributed by atoms with E-state index in [0.29, 0.717) is 22.9 Å². The molecule has 1 fully saturated rings.